The molecule has 0 saturated carbocycles. The first-order valence-electron chi connectivity index (χ1n) is 7.78. The fraction of sp³-hybridized carbons (Fsp3) is 0.438. The summed E-state index contributed by atoms with van der Waals surface area (Å²) in [5, 5.41) is 8.02. The molecule has 0 spiro atoms. The number of benzene rings is 1. The Morgan fingerprint density at radius 3 is 2.42 bits per heavy atom. The van der Waals surface area contributed by atoms with Gasteiger partial charge in [0.15, 0.2) is 11.6 Å². The molecule has 1 aromatic heterocycles. The Morgan fingerprint density at radius 2 is 1.83 bits per heavy atom. The smallest absolute Gasteiger partial charge is 0.318 e. The van der Waals surface area contributed by atoms with E-state index in [2.05, 4.69) is 10.2 Å². The van der Waals surface area contributed by atoms with E-state index in [-0.39, 0.29) is 17.4 Å². The summed E-state index contributed by atoms with van der Waals surface area (Å²) in [5.41, 5.74) is 0.141. The molecule has 6 nitrogen and oxygen atoms in total. The highest BCUT2D eigenvalue weighted by Crippen LogP contribution is 2.20. The maximum Gasteiger partial charge on any atom is 0.318 e. The second-order valence-corrected chi connectivity index (χ2v) is 5.99. The van der Waals surface area contributed by atoms with Crippen LogP contribution in [0.25, 0.3) is 0 Å². The quantitative estimate of drug-likeness (QED) is 0.861. The van der Waals surface area contributed by atoms with Crippen molar-refractivity contribution in [2.45, 2.75) is 19.8 Å². The Morgan fingerprint density at radius 1 is 1.12 bits per heavy atom. The van der Waals surface area contributed by atoms with Gasteiger partial charge < -0.3 is 14.2 Å². The van der Waals surface area contributed by atoms with Crippen LogP contribution >= 0.6 is 0 Å². The molecular formula is C16H18F2N4O2. The van der Waals surface area contributed by atoms with Gasteiger partial charge in [0.05, 0.1) is 0 Å². The van der Waals surface area contributed by atoms with Crippen molar-refractivity contribution in [3.63, 3.8) is 0 Å². The van der Waals surface area contributed by atoms with Gasteiger partial charge in [-0.1, -0.05) is 18.9 Å². The van der Waals surface area contributed by atoms with E-state index in [1.54, 1.807) is 4.90 Å². The van der Waals surface area contributed by atoms with Crippen LogP contribution in [0, 0.1) is 11.6 Å². The molecule has 3 rings (SSSR count). The zero-order valence-electron chi connectivity index (χ0n) is 13.5. The number of anilines is 1. The standard InChI is InChI=1S/C16H18F2N4O2/c1-10(2)14-19-20-16(24-14)22-7-5-21(6-8-22)15(23)11-3-4-12(17)13(18)9-11/h3-4,9-10H,5-8H2,1-2H3. The van der Waals surface area contributed by atoms with Crippen molar-refractivity contribution in [1.29, 1.82) is 0 Å². The number of carbonyl (C=O) groups is 1. The van der Waals surface area contributed by atoms with Crippen molar-refractivity contribution in [3.8, 4) is 0 Å². The summed E-state index contributed by atoms with van der Waals surface area (Å²) in [4.78, 5) is 15.9. The predicted octanol–water partition coefficient (Wildman–Crippen LogP) is 2.43. The number of aromatic nitrogens is 2. The summed E-state index contributed by atoms with van der Waals surface area (Å²) < 4.78 is 31.9. The van der Waals surface area contributed by atoms with Gasteiger partial charge in [0.25, 0.3) is 5.91 Å². The SMILES string of the molecule is CC(C)c1nnc(N2CCN(C(=O)c3ccc(F)c(F)c3)CC2)o1. The van der Waals surface area contributed by atoms with Gasteiger partial charge in [-0.3, -0.25) is 4.79 Å². The van der Waals surface area contributed by atoms with Crippen LogP contribution in [0.3, 0.4) is 0 Å². The first-order valence-corrected chi connectivity index (χ1v) is 7.78. The third kappa shape index (κ3) is 3.22. The second-order valence-electron chi connectivity index (χ2n) is 5.99. The van der Waals surface area contributed by atoms with E-state index in [1.165, 1.54) is 6.07 Å². The summed E-state index contributed by atoms with van der Waals surface area (Å²) in [6, 6.07) is 3.63. The summed E-state index contributed by atoms with van der Waals surface area (Å²) in [6.07, 6.45) is 0. The molecule has 0 atom stereocenters. The van der Waals surface area contributed by atoms with Crippen LogP contribution in [0.5, 0.6) is 0 Å². The van der Waals surface area contributed by atoms with Crippen LogP contribution in [-0.4, -0.2) is 47.2 Å². The topological polar surface area (TPSA) is 62.5 Å². The number of amides is 1. The van der Waals surface area contributed by atoms with Crippen LogP contribution < -0.4 is 4.90 Å². The van der Waals surface area contributed by atoms with Crippen molar-refractivity contribution >= 4 is 11.9 Å². The molecule has 1 aromatic carbocycles. The van der Waals surface area contributed by atoms with Gasteiger partial charge in [-0.15, -0.1) is 5.10 Å². The van der Waals surface area contributed by atoms with Crippen LogP contribution in [0.2, 0.25) is 0 Å². The summed E-state index contributed by atoms with van der Waals surface area (Å²) in [7, 11) is 0. The fourth-order valence-electron chi connectivity index (χ4n) is 2.50. The molecule has 2 aromatic rings. The highest BCUT2D eigenvalue weighted by Gasteiger charge is 2.25. The number of halogens is 2. The van der Waals surface area contributed by atoms with Crippen LogP contribution in [0.4, 0.5) is 14.8 Å². The highest BCUT2D eigenvalue weighted by atomic mass is 19.2. The van der Waals surface area contributed by atoms with Gasteiger partial charge in [-0.2, -0.15) is 0 Å². The van der Waals surface area contributed by atoms with Gasteiger partial charge >= 0.3 is 6.01 Å². The molecule has 1 aliphatic rings. The first-order chi connectivity index (χ1) is 11.5. The van der Waals surface area contributed by atoms with Gasteiger partial charge in [-0.05, 0) is 18.2 Å². The molecule has 0 radical (unpaired) electrons. The van der Waals surface area contributed by atoms with Crippen LogP contribution in [0.1, 0.15) is 36.0 Å². The number of rotatable bonds is 3. The zero-order valence-corrected chi connectivity index (χ0v) is 13.5. The third-order valence-corrected chi connectivity index (χ3v) is 3.93. The van der Waals surface area contributed by atoms with Gasteiger partial charge in [0, 0.05) is 37.7 Å². The lowest BCUT2D eigenvalue weighted by Gasteiger charge is -2.33. The molecule has 1 amide bonds. The van der Waals surface area contributed by atoms with E-state index in [0.29, 0.717) is 38.1 Å². The van der Waals surface area contributed by atoms with E-state index in [0.717, 1.165) is 12.1 Å². The van der Waals surface area contributed by atoms with Gasteiger partial charge in [0.1, 0.15) is 0 Å². The third-order valence-electron chi connectivity index (χ3n) is 3.93. The molecule has 0 unspecified atom stereocenters. The molecule has 8 heteroatoms. The second kappa shape index (κ2) is 6.54. The Balaban J connectivity index is 1.63. The highest BCUT2D eigenvalue weighted by molar-refractivity contribution is 5.94. The van der Waals surface area contributed by atoms with Crippen LogP contribution in [-0.2, 0) is 0 Å². The van der Waals surface area contributed by atoms with Crippen molar-refractivity contribution in [1.82, 2.24) is 15.1 Å². The molecule has 0 bridgehead atoms. The normalized spacial score (nSPS) is 15.2. The Bertz CT molecular complexity index is 739. The molecule has 1 saturated heterocycles. The average Bonchev–Trinajstić information content (AvgIpc) is 3.07. The minimum Gasteiger partial charge on any atom is -0.408 e. The minimum absolute atomic E-state index is 0.141. The number of hydrogen-bond acceptors (Lipinski definition) is 5. The summed E-state index contributed by atoms with van der Waals surface area (Å²) >= 11 is 0. The monoisotopic (exact) mass is 336 g/mol. The first kappa shape index (κ1) is 16.4. The van der Waals surface area contributed by atoms with Crippen LogP contribution in [0.15, 0.2) is 22.6 Å². The number of nitrogens with zero attached hydrogens (tertiary/aromatic N) is 4. The molecule has 24 heavy (non-hydrogen) atoms. The van der Waals surface area contributed by atoms with E-state index in [1.807, 2.05) is 18.7 Å². The van der Waals surface area contributed by atoms with E-state index < -0.39 is 11.6 Å². The number of hydrogen-bond donors (Lipinski definition) is 0. The zero-order chi connectivity index (χ0) is 17.3. The molecule has 0 N–H and O–H groups in total. The van der Waals surface area contributed by atoms with Crippen molar-refractivity contribution in [2.75, 3.05) is 31.1 Å². The molecule has 1 aliphatic heterocycles. The summed E-state index contributed by atoms with van der Waals surface area (Å²) in [6.45, 7) is 5.89. The Kier molecular flexibility index (Phi) is 4.46. The largest absolute Gasteiger partial charge is 0.408 e. The summed E-state index contributed by atoms with van der Waals surface area (Å²) in [5.74, 6) is -1.57. The maximum atomic E-state index is 13.3. The molecular weight excluding hydrogens is 318 g/mol. The van der Waals surface area contributed by atoms with E-state index >= 15 is 0 Å². The van der Waals surface area contributed by atoms with Crippen molar-refractivity contribution in [2.24, 2.45) is 0 Å². The fourth-order valence-corrected chi connectivity index (χ4v) is 2.50. The lowest BCUT2D eigenvalue weighted by Crippen LogP contribution is -2.49. The Labute approximate surface area is 138 Å². The predicted molar refractivity (Wildman–Crippen MR) is 82.9 cm³/mol. The maximum absolute atomic E-state index is 13.3. The average molecular weight is 336 g/mol. The molecule has 1 fully saturated rings. The number of piperazine rings is 1. The lowest BCUT2D eigenvalue weighted by molar-refractivity contribution is 0.0744. The molecule has 0 aliphatic carbocycles. The Hall–Kier alpha value is -2.51. The van der Waals surface area contributed by atoms with E-state index in [9.17, 15) is 13.6 Å². The molecule has 128 valence electrons. The minimum atomic E-state index is -1.02. The van der Waals surface area contributed by atoms with Crippen molar-refractivity contribution < 1.29 is 18.0 Å². The molecule has 2 heterocycles. The van der Waals surface area contributed by atoms with E-state index in [4.69, 9.17) is 4.42 Å². The van der Waals surface area contributed by atoms with Gasteiger partial charge in [-0.25, -0.2) is 8.78 Å². The lowest BCUT2D eigenvalue weighted by atomic mass is 10.1. The van der Waals surface area contributed by atoms with Crippen molar-refractivity contribution in [3.05, 3.63) is 41.3 Å². The number of carbonyl (C=O) groups excluding carboxylic acids is 1. The van der Waals surface area contributed by atoms with Gasteiger partial charge in [0.2, 0.25) is 5.89 Å².